The molecule has 2 aromatic carbocycles. The first-order chi connectivity index (χ1) is 18.9. The molecule has 0 atom stereocenters. The molecule has 1 aliphatic heterocycles. The van der Waals surface area contributed by atoms with Crippen molar-refractivity contribution in [2.24, 2.45) is 0 Å². The van der Waals surface area contributed by atoms with Crippen molar-refractivity contribution in [2.75, 3.05) is 45.3 Å². The van der Waals surface area contributed by atoms with Crippen LogP contribution in [0.2, 0.25) is 0 Å². The third-order valence-corrected chi connectivity index (χ3v) is 7.02. The van der Waals surface area contributed by atoms with E-state index in [1.807, 2.05) is 69.0 Å². The molecule has 3 heterocycles. The van der Waals surface area contributed by atoms with Gasteiger partial charge in [-0.1, -0.05) is 39.8 Å². The van der Waals surface area contributed by atoms with Gasteiger partial charge < -0.3 is 24.3 Å². The minimum absolute atomic E-state index is 0.0403. The van der Waals surface area contributed by atoms with Gasteiger partial charge in [-0.15, -0.1) is 0 Å². The Hall–Kier alpha value is -4.07. The van der Waals surface area contributed by atoms with Crippen LogP contribution in [0.4, 0.5) is 10.1 Å². The maximum absolute atomic E-state index is 15.6. The van der Waals surface area contributed by atoms with Gasteiger partial charge in [0.15, 0.2) is 5.82 Å². The maximum Gasteiger partial charge on any atom is 0.270 e. The molecule has 1 fully saturated rings. The lowest BCUT2D eigenvalue weighted by atomic mass is 9.93. The van der Waals surface area contributed by atoms with Crippen molar-refractivity contribution in [3.8, 4) is 22.6 Å². The molecule has 39 heavy (non-hydrogen) atoms. The van der Waals surface area contributed by atoms with E-state index in [1.165, 1.54) is 0 Å². The average molecular weight is 533 g/mol. The summed E-state index contributed by atoms with van der Waals surface area (Å²) in [4.78, 5) is 24.8. The molecule has 1 aliphatic rings. The molecular formula is C31H37FN4O3. The number of carbonyl (C=O) groups excluding carboxylic acids is 1. The third kappa shape index (κ3) is 5.41. The predicted molar refractivity (Wildman–Crippen MR) is 155 cm³/mol. The van der Waals surface area contributed by atoms with Gasteiger partial charge in [-0.2, -0.15) is 0 Å². The third-order valence-electron chi connectivity index (χ3n) is 7.02. The first-order valence-electron chi connectivity index (χ1n) is 13.4. The number of methoxy groups -OCH3 is 2. The molecule has 206 valence electrons. The number of hydrogen-bond donors (Lipinski definition) is 1. The molecule has 1 saturated heterocycles. The quantitative estimate of drug-likeness (QED) is 0.307. The summed E-state index contributed by atoms with van der Waals surface area (Å²) in [6.07, 6.45) is 3.32. The molecule has 5 rings (SSSR count). The van der Waals surface area contributed by atoms with E-state index in [-0.39, 0.29) is 17.6 Å². The highest BCUT2D eigenvalue weighted by Gasteiger charge is 2.27. The van der Waals surface area contributed by atoms with Crippen LogP contribution in [0.5, 0.6) is 11.5 Å². The SMILES string of the molecule is CC.COc1cnccc1-c1cc(C(C)C)c(F)c2[nH]c(C(=O)N3CCN(c4ccccc4OC)CC3)cc12. The standard InChI is InChI=1S/C29H31FN4O3.C2H6/c1-18(2)20-15-21(19-9-10-31-17-26(19)37-4)22-16-23(32-28(22)27(20)30)29(35)34-13-11-33(12-14-34)24-7-5-6-8-25(24)36-3;1-2/h5-10,15-18,32H,11-14H2,1-4H3;1-2H3. The Bertz CT molecular complexity index is 1440. The number of halogens is 1. The lowest BCUT2D eigenvalue weighted by Crippen LogP contribution is -2.49. The Balaban J connectivity index is 0.00000172. The van der Waals surface area contributed by atoms with Crippen molar-refractivity contribution in [2.45, 2.75) is 33.6 Å². The molecule has 1 N–H and O–H groups in total. The molecule has 2 aromatic heterocycles. The number of carbonyl (C=O) groups is 1. The van der Waals surface area contributed by atoms with Gasteiger partial charge in [-0.25, -0.2) is 4.39 Å². The Morgan fingerprint density at radius 1 is 0.974 bits per heavy atom. The minimum Gasteiger partial charge on any atom is -0.495 e. The zero-order valence-electron chi connectivity index (χ0n) is 23.5. The van der Waals surface area contributed by atoms with Crippen LogP contribution >= 0.6 is 0 Å². The van der Waals surface area contributed by atoms with E-state index in [9.17, 15) is 4.79 Å². The number of aromatic nitrogens is 2. The van der Waals surface area contributed by atoms with Gasteiger partial charge in [-0.3, -0.25) is 9.78 Å². The van der Waals surface area contributed by atoms with Crippen LogP contribution in [0.1, 0.15) is 49.7 Å². The Kier molecular flexibility index (Phi) is 8.74. The number of benzene rings is 2. The first-order valence-corrected chi connectivity index (χ1v) is 13.4. The number of aromatic amines is 1. The second-order valence-electron chi connectivity index (χ2n) is 9.48. The monoisotopic (exact) mass is 532 g/mol. The largest absolute Gasteiger partial charge is 0.495 e. The van der Waals surface area contributed by atoms with Gasteiger partial charge in [0.1, 0.15) is 17.2 Å². The second-order valence-corrected chi connectivity index (χ2v) is 9.48. The fourth-order valence-electron chi connectivity index (χ4n) is 5.02. The molecule has 0 saturated carbocycles. The Labute approximate surface area is 229 Å². The number of fused-ring (bicyclic) bond motifs is 1. The molecule has 8 heteroatoms. The van der Waals surface area contributed by atoms with Crippen molar-refractivity contribution >= 4 is 22.5 Å². The van der Waals surface area contributed by atoms with Gasteiger partial charge in [0.2, 0.25) is 0 Å². The number of para-hydroxylation sites is 2. The number of H-pyrrole nitrogens is 1. The summed E-state index contributed by atoms with van der Waals surface area (Å²) in [5.41, 5.74) is 3.89. The summed E-state index contributed by atoms with van der Waals surface area (Å²) in [5.74, 6) is 0.886. The zero-order valence-corrected chi connectivity index (χ0v) is 23.5. The highest BCUT2D eigenvalue weighted by Crippen LogP contribution is 2.39. The van der Waals surface area contributed by atoms with E-state index in [2.05, 4.69) is 14.9 Å². The Morgan fingerprint density at radius 2 is 1.67 bits per heavy atom. The predicted octanol–water partition coefficient (Wildman–Crippen LogP) is 6.50. The molecule has 7 nitrogen and oxygen atoms in total. The fourth-order valence-corrected chi connectivity index (χ4v) is 5.02. The van der Waals surface area contributed by atoms with E-state index in [0.29, 0.717) is 54.1 Å². The summed E-state index contributed by atoms with van der Waals surface area (Å²) in [5, 5.41) is 0.641. The van der Waals surface area contributed by atoms with Crippen LogP contribution in [0.25, 0.3) is 22.0 Å². The number of piperazine rings is 1. The summed E-state index contributed by atoms with van der Waals surface area (Å²) >= 11 is 0. The smallest absolute Gasteiger partial charge is 0.270 e. The number of rotatable bonds is 6. The zero-order chi connectivity index (χ0) is 28.1. The van der Waals surface area contributed by atoms with E-state index in [4.69, 9.17) is 9.47 Å². The van der Waals surface area contributed by atoms with Crippen LogP contribution in [0.3, 0.4) is 0 Å². The summed E-state index contributed by atoms with van der Waals surface area (Å²) in [6.45, 7) is 10.4. The topological polar surface area (TPSA) is 70.7 Å². The molecule has 0 bridgehead atoms. The van der Waals surface area contributed by atoms with Crippen molar-refractivity contribution < 1.29 is 18.7 Å². The average Bonchev–Trinajstić information content (AvgIpc) is 3.44. The van der Waals surface area contributed by atoms with Gasteiger partial charge >= 0.3 is 0 Å². The highest BCUT2D eigenvalue weighted by atomic mass is 19.1. The molecule has 0 spiro atoms. The van der Waals surface area contributed by atoms with Crippen LogP contribution < -0.4 is 14.4 Å². The lowest BCUT2D eigenvalue weighted by molar-refractivity contribution is 0.0741. The molecule has 0 aliphatic carbocycles. The molecule has 0 radical (unpaired) electrons. The van der Waals surface area contributed by atoms with E-state index in [1.54, 1.807) is 32.7 Å². The molecular weight excluding hydrogens is 495 g/mol. The highest BCUT2D eigenvalue weighted by molar-refractivity contribution is 6.04. The van der Waals surface area contributed by atoms with Gasteiger partial charge in [-0.05, 0) is 47.4 Å². The normalized spacial score (nSPS) is 13.3. The number of pyridine rings is 1. The molecule has 1 amide bonds. The number of nitrogens with zero attached hydrogens (tertiary/aromatic N) is 3. The fraction of sp³-hybridized carbons (Fsp3) is 0.355. The van der Waals surface area contributed by atoms with Crippen molar-refractivity contribution in [1.29, 1.82) is 0 Å². The van der Waals surface area contributed by atoms with Crippen LogP contribution in [-0.4, -0.2) is 61.2 Å². The van der Waals surface area contributed by atoms with E-state index < -0.39 is 0 Å². The van der Waals surface area contributed by atoms with Crippen molar-refractivity contribution in [1.82, 2.24) is 14.9 Å². The van der Waals surface area contributed by atoms with E-state index >= 15 is 4.39 Å². The van der Waals surface area contributed by atoms with Crippen LogP contribution in [-0.2, 0) is 0 Å². The second kappa shape index (κ2) is 12.2. The summed E-state index contributed by atoms with van der Waals surface area (Å²) in [6, 6.07) is 13.3. The van der Waals surface area contributed by atoms with E-state index in [0.717, 1.165) is 22.6 Å². The van der Waals surface area contributed by atoms with Crippen molar-refractivity contribution in [3.63, 3.8) is 0 Å². The number of nitrogens with one attached hydrogen (secondary N) is 1. The lowest BCUT2D eigenvalue weighted by Gasteiger charge is -2.36. The van der Waals surface area contributed by atoms with Crippen LogP contribution in [0.15, 0.2) is 54.9 Å². The Morgan fingerprint density at radius 3 is 2.33 bits per heavy atom. The number of ether oxygens (including phenoxy) is 2. The maximum atomic E-state index is 15.6. The van der Waals surface area contributed by atoms with Gasteiger partial charge in [0, 0.05) is 43.3 Å². The van der Waals surface area contributed by atoms with Crippen molar-refractivity contribution in [3.05, 3.63) is 71.9 Å². The van der Waals surface area contributed by atoms with Crippen LogP contribution in [0, 0.1) is 5.82 Å². The first kappa shape index (κ1) is 28.0. The summed E-state index contributed by atoms with van der Waals surface area (Å²) < 4.78 is 26.6. The number of hydrogen-bond acceptors (Lipinski definition) is 5. The van der Waals surface area contributed by atoms with Gasteiger partial charge in [0.05, 0.1) is 31.6 Å². The number of anilines is 1. The summed E-state index contributed by atoms with van der Waals surface area (Å²) in [7, 11) is 3.25. The van der Waals surface area contributed by atoms with Gasteiger partial charge in [0.25, 0.3) is 5.91 Å². The minimum atomic E-state index is -0.332. The molecule has 4 aromatic rings. The number of amides is 1. The molecule has 0 unspecified atom stereocenters.